The molecular formula is C15H12N2O2. The Morgan fingerprint density at radius 2 is 1.84 bits per heavy atom. The minimum absolute atomic E-state index is 0.0430. The molecule has 0 saturated heterocycles. The molecule has 0 bridgehead atoms. The summed E-state index contributed by atoms with van der Waals surface area (Å²) in [6.45, 7) is 0. The van der Waals surface area contributed by atoms with Crippen LogP contribution in [0.2, 0.25) is 0 Å². The highest BCUT2D eigenvalue weighted by Gasteiger charge is 2.03. The molecular weight excluding hydrogens is 240 g/mol. The molecule has 4 nitrogen and oxygen atoms in total. The second-order valence-electron chi connectivity index (χ2n) is 4.37. The van der Waals surface area contributed by atoms with Crippen LogP contribution in [0, 0.1) is 0 Å². The Balaban J connectivity index is 1.95. The second kappa shape index (κ2) is 4.57. The smallest absolute Gasteiger partial charge is 0.307 e. The first-order valence-corrected chi connectivity index (χ1v) is 5.98. The third-order valence-electron chi connectivity index (χ3n) is 2.97. The van der Waals surface area contributed by atoms with E-state index in [1.54, 1.807) is 4.68 Å². The van der Waals surface area contributed by atoms with Crippen LogP contribution >= 0.6 is 0 Å². The van der Waals surface area contributed by atoms with Crippen molar-refractivity contribution in [2.24, 2.45) is 0 Å². The molecule has 0 atom stereocenters. The highest BCUT2D eigenvalue weighted by Crippen LogP contribution is 2.16. The molecule has 3 aromatic rings. The van der Waals surface area contributed by atoms with Crippen molar-refractivity contribution in [3.63, 3.8) is 0 Å². The molecule has 19 heavy (non-hydrogen) atoms. The summed E-state index contributed by atoms with van der Waals surface area (Å²) in [6, 6.07) is 15.3. The zero-order valence-corrected chi connectivity index (χ0v) is 10.2. The molecule has 1 aromatic heterocycles. The van der Waals surface area contributed by atoms with Crippen LogP contribution in [0.4, 0.5) is 0 Å². The summed E-state index contributed by atoms with van der Waals surface area (Å²) in [6.07, 6.45) is 2.00. The van der Waals surface area contributed by atoms with Gasteiger partial charge < -0.3 is 5.11 Å². The summed E-state index contributed by atoms with van der Waals surface area (Å²) in [7, 11) is 0. The van der Waals surface area contributed by atoms with Crippen molar-refractivity contribution in [2.75, 3.05) is 0 Å². The maximum absolute atomic E-state index is 10.6. The molecule has 0 fully saturated rings. The molecule has 94 valence electrons. The molecule has 0 unspecified atom stereocenters. The Morgan fingerprint density at radius 1 is 1.11 bits per heavy atom. The van der Waals surface area contributed by atoms with E-state index in [-0.39, 0.29) is 6.42 Å². The van der Waals surface area contributed by atoms with Crippen LogP contribution in [-0.4, -0.2) is 20.9 Å². The molecule has 0 saturated carbocycles. The van der Waals surface area contributed by atoms with Gasteiger partial charge >= 0.3 is 5.97 Å². The van der Waals surface area contributed by atoms with Crippen LogP contribution in [0.5, 0.6) is 0 Å². The zero-order valence-electron chi connectivity index (χ0n) is 10.2. The van der Waals surface area contributed by atoms with Crippen LogP contribution < -0.4 is 0 Å². The lowest BCUT2D eigenvalue weighted by Gasteiger charge is -2.02. The summed E-state index contributed by atoms with van der Waals surface area (Å²) < 4.78 is 1.80. The lowest BCUT2D eigenvalue weighted by molar-refractivity contribution is -0.136. The first-order chi connectivity index (χ1) is 9.22. The Hall–Kier alpha value is -2.62. The lowest BCUT2D eigenvalue weighted by atomic mass is 10.1. The number of rotatable bonds is 3. The third-order valence-corrected chi connectivity index (χ3v) is 2.97. The summed E-state index contributed by atoms with van der Waals surface area (Å²) in [4.78, 5) is 10.6. The molecule has 3 rings (SSSR count). The normalized spacial score (nSPS) is 10.7. The SMILES string of the molecule is O=C(O)Cc1ccc(-n2cc3ccccc3n2)cc1. The van der Waals surface area contributed by atoms with Gasteiger partial charge in [-0.2, -0.15) is 5.10 Å². The standard InChI is InChI=1S/C15H12N2O2/c18-15(19)9-11-5-7-13(8-6-11)17-10-12-3-1-2-4-14(12)16-17/h1-8,10H,9H2,(H,18,19). The van der Waals surface area contributed by atoms with Gasteiger partial charge in [0, 0.05) is 11.6 Å². The van der Waals surface area contributed by atoms with E-state index in [0.717, 1.165) is 22.2 Å². The fraction of sp³-hybridized carbons (Fsp3) is 0.0667. The fourth-order valence-electron chi connectivity index (χ4n) is 2.04. The monoisotopic (exact) mass is 252 g/mol. The molecule has 0 aliphatic heterocycles. The summed E-state index contributed by atoms with van der Waals surface area (Å²) in [5, 5.41) is 14.3. The highest BCUT2D eigenvalue weighted by atomic mass is 16.4. The molecule has 0 amide bonds. The fourth-order valence-corrected chi connectivity index (χ4v) is 2.04. The largest absolute Gasteiger partial charge is 0.481 e. The predicted octanol–water partition coefficient (Wildman–Crippen LogP) is 2.65. The molecule has 2 aromatic carbocycles. The quantitative estimate of drug-likeness (QED) is 0.779. The van der Waals surface area contributed by atoms with Crippen LogP contribution in [0.1, 0.15) is 5.56 Å². The maximum Gasteiger partial charge on any atom is 0.307 e. The number of aliphatic carboxylic acids is 1. The van der Waals surface area contributed by atoms with Gasteiger partial charge in [0.25, 0.3) is 0 Å². The van der Waals surface area contributed by atoms with Crippen molar-refractivity contribution >= 4 is 16.9 Å². The molecule has 4 heteroatoms. The molecule has 0 spiro atoms. The van der Waals surface area contributed by atoms with E-state index in [1.165, 1.54) is 0 Å². The minimum atomic E-state index is -0.822. The van der Waals surface area contributed by atoms with Crippen molar-refractivity contribution in [1.29, 1.82) is 0 Å². The predicted molar refractivity (Wildman–Crippen MR) is 72.4 cm³/mol. The van der Waals surface area contributed by atoms with Gasteiger partial charge in [-0.25, -0.2) is 4.68 Å². The Kier molecular flexibility index (Phi) is 2.76. The highest BCUT2D eigenvalue weighted by molar-refractivity contribution is 5.78. The zero-order chi connectivity index (χ0) is 13.2. The van der Waals surface area contributed by atoms with E-state index >= 15 is 0 Å². The maximum atomic E-state index is 10.6. The number of carboxylic acids is 1. The average molecular weight is 252 g/mol. The van der Waals surface area contributed by atoms with E-state index in [1.807, 2.05) is 54.7 Å². The average Bonchev–Trinajstić information content (AvgIpc) is 2.82. The minimum Gasteiger partial charge on any atom is -0.481 e. The van der Waals surface area contributed by atoms with Crippen molar-refractivity contribution in [3.05, 3.63) is 60.3 Å². The van der Waals surface area contributed by atoms with Crippen LogP contribution in [0.3, 0.4) is 0 Å². The number of aromatic nitrogens is 2. The first-order valence-electron chi connectivity index (χ1n) is 5.98. The summed E-state index contributed by atoms with van der Waals surface area (Å²) >= 11 is 0. The van der Waals surface area contributed by atoms with Gasteiger partial charge in [-0.05, 0) is 23.8 Å². The Morgan fingerprint density at radius 3 is 2.53 bits per heavy atom. The number of nitrogens with zero attached hydrogens (tertiary/aromatic N) is 2. The number of hydrogen-bond donors (Lipinski definition) is 1. The van der Waals surface area contributed by atoms with Crippen LogP contribution in [0.25, 0.3) is 16.6 Å². The van der Waals surface area contributed by atoms with E-state index in [4.69, 9.17) is 5.11 Å². The van der Waals surface area contributed by atoms with Gasteiger partial charge in [-0.1, -0.05) is 30.3 Å². The topological polar surface area (TPSA) is 55.1 Å². The second-order valence-corrected chi connectivity index (χ2v) is 4.37. The molecule has 0 radical (unpaired) electrons. The van der Waals surface area contributed by atoms with Crippen molar-refractivity contribution in [3.8, 4) is 5.69 Å². The lowest BCUT2D eigenvalue weighted by Crippen LogP contribution is -2.00. The number of fused-ring (bicyclic) bond motifs is 1. The number of benzene rings is 2. The first kappa shape index (κ1) is 11.5. The summed E-state index contributed by atoms with van der Waals surface area (Å²) in [5.74, 6) is -0.822. The van der Waals surface area contributed by atoms with Crippen molar-refractivity contribution < 1.29 is 9.90 Å². The molecule has 1 heterocycles. The van der Waals surface area contributed by atoms with E-state index < -0.39 is 5.97 Å². The van der Waals surface area contributed by atoms with Gasteiger partial charge in [0.2, 0.25) is 0 Å². The van der Waals surface area contributed by atoms with Gasteiger partial charge in [0.15, 0.2) is 0 Å². The van der Waals surface area contributed by atoms with Gasteiger partial charge in [0.05, 0.1) is 17.6 Å². The molecule has 0 aliphatic rings. The Bertz CT molecular complexity index is 696. The number of carbonyl (C=O) groups is 1. The van der Waals surface area contributed by atoms with Crippen molar-refractivity contribution in [1.82, 2.24) is 9.78 Å². The van der Waals surface area contributed by atoms with E-state index in [2.05, 4.69) is 5.10 Å². The number of hydrogen-bond acceptors (Lipinski definition) is 2. The third kappa shape index (κ3) is 2.33. The van der Waals surface area contributed by atoms with Gasteiger partial charge in [-0.3, -0.25) is 4.79 Å². The number of carboxylic acid groups (broad SMARTS) is 1. The molecule has 0 aliphatic carbocycles. The molecule has 1 N–H and O–H groups in total. The van der Waals surface area contributed by atoms with Crippen LogP contribution in [0.15, 0.2) is 54.7 Å². The van der Waals surface area contributed by atoms with Gasteiger partial charge in [0.1, 0.15) is 0 Å². The van der Waals surface area contributed by atoms with Crippen molar-refractivity contribution in [2.45, 2.75) is 6.42 Å². The van der Waals surface area contributed by atoms with E-state index in [9.17, 15) is 4.79 Å². The van der Waals surface area contributed by atoms with Crippen LogP contribution in [-0.2, 0) is 11.2 Å². The summed E-state index contributed by atoms with van der Waals surface area (Å²) in [5.41, 5.74) is 2.65. The Labute approximate surface area is 109 Å². The van der Waals surface area contributed by atoms with Gasteiger partial charge in [-0.15, -0.1) is 0 Å². The van der Waals surface area contributed by atoms with E-state index in [0.29, 0.717) is 0 Å².